The predicted octanol–water partition coefficient (Wildman–Crippen LogP) is 3.99. The van der Waals surface area contributed by atoms with Gasteiger partial charge in [0.15, 0.2) is 0 Å². The highest BCUT2D eigenvalue weighted by molar-refractivity contribution is 5.44. The topological polar surface area (TPSA) is 20.2 Å². The lowest BCUT2D eigenvalue weighted by molar-refractivity contribution is 0.463. The summed E-state index contributed by atoms with van der Waals surface area (Å²) in [5.41, 5.74) is 3.24. The van der Waals surface area contributed by atoms with Gasteiger partial charge in [-0.15, -0.1) is 0 Å². The lowest BCUT2D eigenvalue weighted by Crippen LogP contribution is -1.89. The van der Waals surface area contributed by atoms with Crippen molar-refractivity contribution in [2.45, 2.75) is 47.5 Å². The Labute approximate surface area is 87.8 Å². The Bertz CT molecular complexity index is 277. The molecule has 0 spiro atoms. The Kier molecular flexibility index (Phi) is 6.02. The van der Waals surface area contributed by atoms with Crippen LogP contribution >= 0.6 is 0 Å². The molecule has 1 aromatic rings. The Morgan fingerprint density at radius 1 is 1.14 bits per heavy atom. The van der Waals surface area contributed by atoms with Crippen molar-refractivity contribution >= 4 is 0 Å². The van der Waals surface area contributed by atoms with Crippen molar-refractivity contribution < 1.29 is 5.11 Å². The van der Waals surface area contributed by atoms with Gasteiger partial charge in [-0.3, -0.25) is 0 Å². The molecular formula is C13H22O. The average molecular weight is 194 g/mol. The summed E-state index contributed by atoms with van der Waals surface area (Å²) in [5, 5.41) is 9.71. The van der Waals surface area contributed by atoms with Crippen molar-refractivity contribution in [1.29, 1.82) is 0 Å². The van der Waals surface area contributed by atoms with Crippen molar-refractivity contribution in [2.24, 2.45) is 0 Å². The van der Waals surface area contributed by atoms with E-state index in [4.69, 9.17) is 0 Å². The average Bonchev–Trinajstić information content (AvgIpc) is 2.22. The zero-order chi connectivity index (χ0) is 11.1. The van der Waals surface area contributed by atoms with Crippen LogP contribution in [0.15, 0.2) is 12.1 Å². The number of aromatic hydroxyl groups is 1. The van der Waals surface area contributed by atoms with Gasteiger partial charge in [0.1, 0.15) is 5.75 Å². The van der Waals surface area contributed by atoms with Crippen molar-refractivity contribution in [3.63, 3.8) is 0 Å². The number of hydrogen-bond donors (Lipinski definition) is 1. The lowest BCUT2D eigenvalue weighted by Gasteiger charge is -2.08. The molecule has 0 fully saturated rings. The molecule has 1 rings (SSSR count). The first kappa shape index (κ1) is 13.0. The van der Waals surface area contributed by atoms with Crippen LogP contribution in [0.5, 0.6) is 5.75 Å². The maximum atomic E-state index is 9.71. The van der Waals surface area contributed by atoms with Crippen LogP contribution in [0.2, 0.25) is 0 Å². The SMILES string of the molecule is CC.CCCc1ccc(C)c(C)c1O. The fourth-order valence-electron chi connectivity index (χ4n) is 1.33. The Balaban J connectivity index is 0.000000791. The molecule has 0 aliphatic carbocycles. The van der Waals surface area contributed by atoms with Crippen LogP contribution in [0.4, 0.5) is 0 Å². The summed E-state index contributed by atoms with van der Waals surface area (Å²) >= 11 is 0. The Hall–Kier alpha value is -0.980. The highest BCUT2D eigenvalue weighted by Crippen LogP contribution is 2.25. The van der Waals surface area contributed by atoms with Gasteiger partial charge in [0, 0.05) is 0 Å². The number of hydrogen-bond acceptors (Lipinski definition) is 1. The molecule has 1 heteroatoms. The van der Waals surface area contributed by atoms with E-state index in [1.165, 1.54) is 0 Å². The van der Waals surface area contributed by atoms with E-state index in [0.717, 1.165) is 29.5 Å². The largest absolute Gasteiger partial charge is 0.507 e. The monoisotopic (exact) mass is 194 g/mol. The second-order valence-electron chi connectivity index (χ2n) is 3.27. The number of benzene rings is 1. The van der Waals surface area contributed by atoms with Crippen molar-refractivity contribution in [2.75, 3.05) is 0 Å². The van der Waals surface area contributed by atoms with Crippen LogP contribution in [0, 0.1) is 13.8 Å². The van der Waals surface area contributed by atoms with Gasteiger partial charge < -0.3 is 5.11 Å². The molecule has 0 aliphatic heterocycles. The standard InChI is InChI=1S/C11H16O.C2H6/c1-4-5-10-7-6-8(2)9(3)11(10)12;1-2/h6-7,12H,4-5H2,1-3H3;1-2H3. The van der Waals surface area contributed by atoms with Gasteiger partial charge in [-0.1, -0.05) is 39.3 Å². The molecule has 0 aliphatic rings. The Morgan fingerprint density at radius 3 is 2.21 bits per heavy atom. The maximum Gasteiger partial charge on any atom is 0.121 e. The quantitative estimate of drug-likeness (QED) is 0.754. The predicted molar refractivity (Wildman–Crippen MR) is 62.9 cm³/mol. The fraction of sp³-hybridized carbons (Fsp3) is 0.538. The van der Waals surface area contributed by atoms with Gasteiger partial charge >= 0.3 is 0 Å². The summed E-state index contributed by atoms with van der Waals surface area (Å²) in [6.07, 6.45) is 2.04. The molecule has 1 nitrogen and oxygen atoms in total. The van der Waals surface area contributed by atoms with Crippen LogP contribution in [0.1, 0.15) is 43.9 Å². The molecule has 1 N–H and O–H groups in total. The third kappa shape index (κ3) is 3.06. The second-order valence-corrected chi connectivity index (χ2v) is 3.27. The number of phenols is 1. The zero-order valence-corrected chi connectivity index (χ0v) is 10.0. The van der Waals surface area contributed by atoms with E-state index in [-0.39, 0.29) is 0 Å². The van der Waals surface area contributed by atoms with E-state index in [9.17, 15) is 5.11 Å². The molecule has 80 valence electrons. The highest BCUT2D eigenvalue weighted by atomic mass is 16.3. The summed E-state index contributed by atoms with van der Waals surface area (Å²) < 4.78 is 0. The van der Waals surface area contributed by atoms with E-state index in [0.29, 0.717) is 5.75 Å². The minimum absolute atomic E-state index is 0.483. The second kappa shape index (κ2) is 6.47. The number of rotatable bonds is 2. The van der Waals surface area contributed by atoms with E-state index in [1.54, 1.807) is 0 Å². The molecule has 1 aromatic carbocycles. The third-order valence-corrected chi connectivity index (χ3v) is 2.30. The number of phenolic OH excluding ortho intramolecular Hbond substituents is 1. The fourth-order valence-corrected chi connectivity index (χ4v) is 1.33. The van der Waals surface area contributed by atoms with Crippen molar-refractivity contribution in [3.8, 4) is 5.75 Å². The molecule has 0 heterocycles. The van der Waals surface area contributed by atoms with Crippen LogP contribution in [-0.4, -0.2) is 5.11 Å². The first-order valence-corrected chi connectivity index (χ1v) is 5.44. The molecule has 0 aromatic heterocycles. The summed E-state index contributed by atoms with van der Waals surface area (Å²) in [5.74, 6) is 0.483. The van der Waals surface area contributed by atoms with Gasteiger partial charge in [0.25, 0.3) is 0 Å². The summed E-state index contributed by atoms with van der Waals surface area (Å²) in [4.78, 5) is 0. The first-order chi connectivity index (χ1) is 6.66. The smallest absolute Gasteiger partial charge is 0.121 e. The minimum atomic E-state index is 0.483. The van der Waals surface area contributed by atoms with E-state index < -0.39 is 0 Å². The van der Waals surface area contributed by atoms with E-state index in [1.807, 2.05) is 33.8 Å². The highest BCUT2D eigenvalue weighted by Gasteiger charge is 2.04. The molecule has 0 atom stereocenters. The summed E-state index contributed by atoms with van der Waals surface area (Å²) in [6.45, 7) is 10.1. The molecule has 0 amide bonds. The van der Waals surface area contributed by atoms with E-state index in [2.05, 4.69) is 13.0 Å². The van der Waals surface area contributed by atoms with Crippen LogP contribution < -0.4 is 0 Å². The van der Waals surface area contributed by atoms with Gasteiger partial charge in [-0.25, -0.2) is 0 Å². The normalized spacial score (nSPS) is 9.21. The van der Waals surface area contributed by atoms with Gasteiger partial charge in [0.05, 0.1) is 0 Å². The molecule has 14 heavy (non-hydrogen) atoms. The summed E-state index contributed by atoms with van der Waals surface area (Å²) in [6, 6.07) is 4.08. The van der Waals surface area contributed by atoms with Gasteiger partial charge in [-0.05, 0) is 37.0 Å². The summed E-state index contributed by atoms with van der Waals surface area (Å²) in [7, 11) is 0. The lowest BCUT2D eigenvalue weighted by atomic mass is 10.0. The molecule has 0 unspecified atom stereocenters. The van der Waals surface area contributed by atoms with Crippen LogP contribution in [-0.2, 0) is 6.42 Å². The molecule has 0 radical (unpaired) electrons. The van der Waals surface area contributed by atoms with Gasteiger partial charge in [0.2, 0.25) is 0 Å². The van der Waals surface area contributed by atoms with Gasteiger partial charge in [-0.2, -0.15) is 0 Å². The third-order valence-electron chi connectivity index (χ3n) is 2.30. The molecule has 0 saturated heterocycles. The first-order valence-electron chi connectivity index (χ1n) is 5.44. The Morgan fingerprint density at radius 2 is 1.71 bits per heavy atom. The molecular weight excluding hydrogens is 172 g/mol. The molecule has 0 bridgehead atoms. The maximum absolute atomic E-state index is 9.71. The van der Waals surface area contributed by atoms with E-state index >= 15 is 0 Å². The number of aryl methyl sites for hydroxylation is 2. The van der Waals surface area contributed by atoms with Crippen LogP contribution in [0.25, 0.3) is 0 Å². The minimum Gasteiger partial charge on any atom is -0.507 e. The van der Waals surface area contributed by atoms with Crippen LogP contribution in [0.3, 0.4) is 0 Å². The zero-order valence-electron chi connectivity index (χ0n) is 10.0. The molecule has 0 saturated carbocycles. The van der Waals surface area contributed by atoms with Crippen molar-refractivity contribution in [3.05, 3.63) is 28.8 Å². The van der Waals surface area contributed by atoms with Crippen molar-refractivity contribution in [1.82, 2.24) is 0 Å².